The number of hydrogen-bond acceptors (Lipinski definition) is 2. The number of hydrogen-bond donors (Lipinski definition) is 0. The summed E-state index contributed by atoms with van der Waals surface area (Å²) in [6.07, 6.45) is 6.20. The maximum Gasteiger partial charge on any atom is 0.234 e. The van der Waals surface area contributed by atoms with Gasteiger partial charge in [-0.3, -0.25) is 4.40 Å². The van der Waals surface area contributed by atoms with Crippen LogP contribution in [0.3, 0.4) is 0 Å². The minimum atomic E-state index is 0.574. The predicted octanol–water partition coefficient (Wildman–Crippen LogP) is 3.18. The molecule has 2 unspecified atom stereocenters. The highest BCUT2D eigenvalue weighted by Gasteiger charge is 2.26. The minimum Gasteiger partial charge on any atom is -0.286 e. The monoisotopic (exact) mass is 279 g/mol. The molecule has 2 aromatic rings. The van der Waals surface area contributed by atoms with Crippen molar-refractivity contribution in [2.45, 2.75) is 32.6 Å². The molecule has 0 aromatic carbocycles. The Balaban J connectivity index is 2.27. The molecule has 3 rings (SSSR count). The fourth-order valence-corrected chi connectivity index (χ4v) is 3.08. The zero-order valence-electron chi connectivity index (χ0n) is 9.44. The molecule has 0 radical (unpaired) electrons. The van der Waals surface area contributed by atoms with Gasteiger partial charge in [0.1, 0.15) is 0 Å². The summed E-state index contributed by atoms with van der Waals surface area (Å²) in [5, 5.41) is 0. The highest BCUT2D eigenvalue weighted by atomic mass is 79.9. The Bertz CT molecular complexity index is 546. The second-order valence-electron chi connectivity index (χ2n) is 4.83. The maximum atomic E-state index is 4.63. The van der Waals surface area contributed by atoms with E-state index in [1.165, 1.54) is 17.8 Å². The summed E-state index contributed by atoms with van der Waals surface area (Å²) < 4.78 is 3.14. The maximum absolute atomic E-state index is 4.63. The molecule has 0 N–H and O–H groups in total. The number of aromatic nitrogens is 3. The van der Waals surface area contributed by atoms with Crippen LogP contribution in [0.1, 0.15) is 37.6 Å². The summed E-state index contributed by atoms with van der Waals surface area (Å²) in [6.45, 7) is 4.58. The topological polar surface area (TPSA) is 30.2 Å². The van der Waals surface area contributed by atoms with Crippen molar-refractivity contribution in [1.29, 1.82) is 0 Å². The Kier molecular flexibility index (Phi) is 2.28. The SMILES string of the molecule is CC1Cc2nc3ncc(Br)cn3c2C(C)C1. The third kappa shape index (κ3) is 1.47. The van der Waals surface area contributed by atoms with E-state index in [0.717, 1.165) is 22.6 Å². The molecule has 0 saturated heterocycles. The molecule has 0 bridgehead atoms. The number of imidazole rings is 1. The van der Waals surface area contributed by atoms with E-state index < -0.39 is 0 Å². The summed E-state index contributed by atoms with van der Waals surface area (Å²) >= 11 is 3.47. The van der Waals surface area contributed by atoms with Crippen molar-refractivity contribution in [2.24, 2.45) is 5.92 Å². The van der Waals surface area contributed by atoms with Gasteiger partial charge in [-0.05, 0) is 40.6 Å². The van der Waals surface area contributed by atoms with Crippen LogP contribution >= 0.6 is 15.9 Å². The van der Waals surface area contributed by atoms with Crippen LogP contribution in [-0.2, 0) is 6.42 Å². The summed E-state index contributed by atoms with van der Waals surface area (Å²) in [5.41, 5.74) is 2.58. The third-order valence-corrected chi connectivity index (χ3v) is 3.74. The average Bonchev–Trinajstić information content (AvgIpc) is 2.54. The first kappa shape index (κ1) is 10.3. The van der Waals surface area contributed by atoms with Crippen molar-refractivity contribution in [3.8, 4) is 0 Å². The van der Waals surface area contributed by atoms with E-state index in [4.69, 9.17) is 0 Å². The second-order valence-corrected chi connectivity index (χ2v) is 5.75. The molecule has 2 aromatic heterocycles. The Morgan fingerprint density at radius 2 is 2.25 bits per heavy atom. The fourth-order valence-electron chi connectivity index (χ4n) is 2.77. The van der Waals surface area contributed by atoms with Gasteiger partial charge >= 0.3 is 0 Å². The van der Waals surface area contributed by atoms with Gasteiger partial charge in [0.05, 0.1) is 15.9 Å². The number of nitrogens with zero attached hydrogens (tertiary/aromatic N) is 3. The van der Waals surface area contributed by atoms with E-state index in [2.05, 4.69) is 50.3 Å². The van der Waals surface area contributed by atoms with Gasteiger partial charge in [0.25, 0.3) is 0 Å². The lowest BCUT2D eigenvalue weighted by Gasteiger charge is -2.23. The molecule has 0 saturated carbocycles. The summed E-state index contributed by atoms with van der Waals surface area (Å²) in [7, 11) is 0. The molecular formula is C12H14BrN3. The van der Waals surface area contributed by atoms with Crippen LogP contribution in [0.4, 0.5) is 0 Å². The van der Waals surface area contributed by atoms with Gasteiger partial charge in [0.15, 0.2) is 0 Å². The van der Waals surface area contributed by atoms with Crippen molar-refractivity contribution in [2.75, 3.05) is 0 Å². The van der Waals surface area contributed by atoms with E-state index in [0.29, 0.717) is 5.92 Å². The van der Waals surface area contributed by atoms with Gasteiger partial charge in [0, 0.05) is 12.4 Å². The van der Waals surface area contributed by atoms with Crippen LogP contribution < -0.4 is 0 Å². The van der Waals surface area contributed by atoms with Gasteiger partial charge in [-0.1, -0.05) is 13.8 Å². The molecule has 0 amide bonds. The highest BCUT2D eigenvalue weighted by molar-refractivity contribution is 9.10. The first-order valence-electron chi connectivity index (χ1n) is 5.67. The summed E-state index contributed by atoms with van der Waals surface area (Å²) in [4.78, 5) is 8.98. The molecule has 0 aliphatic heterocycles. The predicted molar refractivity (Wildman–Crippen MR) is 66.6 cm³/mol. The first-order valence-corrected chi connectivity index (χ1v) is 6.47. The van der Waals surface area contributed by atoms with Gasteiger partial charge in [-0.25, -0.2) is 9.97 Å². The van der Waals surface area contributed by atoms with Crippen LogP contribution in [0.15, 0.2) is 16.9 Å². The van der Waals surface area contributed by atoms with Crippen molar-refractivity contribution in [1.82, 2.24) is 14.4 Å². The third-order valence-electron chi connectivity index (χ3n) is 3.33. The first-order chi connectivity index (χ1) is 7.65. The minimum absolute atomic E-state index is 0.574. The van der Waals surface area contributed by atoms with Crippen molar-refractivity contribution < 1.29 is 0 Å². The second kappa shape index (κ2) is 3.55. The zero-order valence-corrected chi connectivity index (χ0v) is 11.0. The average molecular weight is 280 g/mol. The van der Waals surface area contributed by atoms with Gasteiger partial charge < -0.3 is 0 Å². The molecule has 4 heteroatoms. The smallest absolute Gasteiger partial charge is 0.234 e. The Morgan fingerprint density at radius 1 is 1.44 bits per heavy atom. The molecule has 3 nitrogen and oxygen atoms in total. The molecule has 1 aliphatic rings. The Labute approximate surface area is 103 Å². The fraction of sp³-hybridized carbons (Fsp3) is 0.500. The van der Waals surface area contributed by atoms with Crippen LogP contribution in [0.25, 0.3) is 5.78 Å². The lowest BCUT2D eigenvalue weighted by Crippen LogP contribution is -2.15. The van der Waals surface area contributed by atoms with Crippen LogP contribution in [-0.4, -0.2) is 14.4 Å². The summed E-state index contributed by atoms with van der Waals surface area (Å²) in [6, 6.07) is 0. The quantitative estimate of drug-likeness (QED) is 0.742. The van der Waals surface area contributed by atoms with Crippen molar-refractivity contribution >= 4 is 21.7 Å². The van der Waals surface area contributed by atoms with Crippen LogP contribution in [0.2, 0.25) is 0 Å². The van der Waals surface area contributed by atoms with E-state index in [9.17, 15) is 0 Å². The lowest BCUT2D eigenvalue weighted by molar-refractivity contribution is 0.437. The largest absolute Gasteiger partial charge is 0.286 e. The summed E-state index contributed by atoms with van der Waals surface area (Å²) in [5.74, 6) is 2.13. The Morgan fingerprint density at radius 3 is 3.06 bits per heavy atom. The molecule has 2 atom stereocenters. The highest BCUT2D eigenvalue weighted by Crippen LogP contribution is 2.34. The molecule has 0 spiro atoms. The van der Waals surface area contributed by atoms with E-state index >= 15 is 0 Å². The molecule has 1 aliphatic carbocycles. The van der Waals surface area contributed by atoms with Crippen molar-refractivity contribution in [3.05, 3.63) is 28.3 Å². The molecule has 2 heterocycles. The zero-order chi connectivity index (χ0) is 11.3. The number of halogens is 1. The van der Waals surface area contributed by atoms with E-state index in [-0.39, 0.29) is 0 Å². The van der Waals surface area contributed by atoms with Gasteiger partial charge in [-0.15, -0.1) is 0 Å². The van der Waals surface area contributed by atoms with Crippen molar-refractivity contribution in [3.63, 3.8) is 0 Å². The lowest BCUT2D eigenvalue weighted by atomic mass is 9.84. The molecule has 0 fully saturated rings. The molecule has 16 heavy (non-hydrogen) atoms. The van der Waals surface area contributed by atoms with Gasteiger partial charge in [-0.2, -0.15) is 0 Å². The van der Waals surface area contributed by atoms with E-state index in [1.54, 1.807) is 0 Å². The standard InChI is InChI=1S/C12H14BrN3/c1-7-3-8(2)11-10(4-7)15-12-14-5-9(13)6-16(11)12/h5-8H,3-4H2,1-2H3. The van der Waals surface area contributed by atoms with Crippen LogP contribution in [0, 0.1) is 5.92 Å². The van der Waals surface area contributed by atoms with Gasteiger partial charge in [0.2, 0.25) is 5.78 Å². The molecular weight excluding hydrogens is 266 g/mol. The van der Waals surface area contributed by atoms with E-state index in [1.807, 2.05) is 6.20 Å². The van der Waals surface area contributed by atoms with Crippen LogP contribution in [0.5, 0.6) is 0 Å². The molecule has 84 valence electrons. The number of fused-ring (bicyclic) bond motifs is 3. The Hall–Kier alpha value is -0.900. The number of rotatable bonds is 0. The normalized spacial score (nSPS) is 24.7.